The van der Waals surface area contributed by atoms with E-state index in [1.165, 1.54) is 37.8 Å². The molecule has 3 rings (SSSR count). The van der Waals surface area contributed by atoms with Gasteiger partial charge in [0.15, 0.2) is 0 Å². The van der Waals surface area contributed by atoms with Crippen LogP contribution in [-0.4, -0.2) is 12.6 Å². The van der Waals surface area contributed by atoms with Crippen LogP contribution in [0.4, 0.5) is 0 Å². The van der Waals surface area contributed by atoms with Gasteiger partial charge in [0, 0.05) is 16.5 Å². The molecule has 2 atom stereocenters. The normalized spacial score (nSPS) is 31.2. The van der Waals surface area contributed by atoms with Gasteiger partial charge in [-0.05, 0) is 49.4 Å². The average Bonchev–Trinajstić information content (AvgIpc) is 2.67. The van der Waals surface area contributed by atoms with E-state index in [1.54, 1.807) is 0 Å². The topological polar surface area (TPSA) is 12.0 Å². The van der Waals surface area contributed by atoms with Crippen molar-refractivity contribution < 1.29 is 0 Å². The Morgan fingerprint density at radius 3 is 2.41 bits per heavy atom. The van der Waals surface area contributed by atoms with Crippen LogP contribution in [0.1, 0.15) is 38.2 Å². The molecule has 0 radical (unpaired) electrons. The minimum absolute atomic E-state index is 0.398. The summed E-state index contributed by atoms with van der Waals surface area (Å²) in [6.45, 7) is 3.53. The standard InChI is InChI=1S/C15H20ClN/c1-11-9-14(17-10-11)15(7-2-8-15)12-3-5-13(16)6-4-12/h3-6,11,14,17H,2,7-10H2,1H3. The Kier molecular flexibility index (Phi) is 2.92. The highest BCUT2D eigenvalue weighted by Gasteiger charge is 2.47. The molecule has 1 aromatic rings. The molecular formula is C15H20ClN. The first kappa shape index (κ1) is 11.6. The van der Waals surface area contributed by atoms with E-state index in [-0.39, 0.29) is 0 Å². The van der Waals surface area contributed by atoms with Gasteiger partial charge in [-0.3, -0.25) is 0 Å². The summed E-state index contributed by atoms with van der Waals surface area (Å²) in [5.74, 6) is 0.824. The van der Waals surface area contributed by atoms with Crippen molar-refractivity contribution in [2.45, 2.75) is 44.1 Å². The first-order valence-electron chi connectivity index (χ1n) is 6.70. The second-order valence-electron chi connectivity index (χ2n) is 5.82. The molecule has 0 spiro atoms. The van der Waals surface area contributed by atoms with Gasteiger partial charge in [-0.25, -0.2) is 0 Å². The van der Waals surface area contributed by atoms with E-state index >= 15 is 0 Å². The molecule has 0 amide bonds. The largest absolute Gasteiger partial charge is 0.313 e. The van der Waals surface area contributed by atoms with E-state index in [0.29, 0.717) is 11.5 Å². The second kappa shape index (κ2) is 4.29. The van der Waals surface area contributed by atoms with Gasteiger partial charge in [0.25, 0.3) is 0 Å². The van der Waals surface area contributed by atoms with Crippen molar-refractivity contribution in [3.63, 3.8) is 0 Å². The molecule has 1 aliphatic heterocycles. The first-order valence-corrected chi connectivity index (χ1v) is 7.08. The zero-order chi connectivity index (χ0) is 11.9. The molecule has 17 heavy (non-hydrogen) atoms. The van der Waals surface area contributed by atoms with Gasteiger partial charge in [-0.1, -0.05) is 37.1 Å². The molecule has 2 unspecified atom stereocenters. The minimum atomic E-state index is 0.398. The Hall–Kier alpha value is -0.530. The molecule has 1 aromatic carbocycles. The van der Waals surface area contributed by atoms with E-state index in [9.17, 15) is 0 Å². The van der Waals surface area contributed by atoms with E-state index in [1.807, 2.05) is 12.1 Å². The maximum absolute atomic E-state index is 5.99. The van der Waals surface area contributed by atoms with Crippen molar-refractivity contribution in [3.05, 3.63) is 34.9 Å². The first-order chi connectivity index (χ1) is 8.21. The molecule has 1 N–H and O–H groups in total. The number of hydrogen-bond acceptors (Lipinski definition) is 1. The molecule has 0 aromatic heterocycles. The fraction of sp³-hybridized carbons (Fsp3) is 0.600. The fourth-order valence-corrected chi connectivity index (χ4v) is 3.64. The van der Waals surface area contributed by atoms with Crippen LogP contribution in [0.5, 0.6) is 0 Å². The van der Waals surface area contributed by atoms with Crippen molar-refractivity contribution in [2.24, 2.45) is 5.92 Å². The summed E-state index contributed by atoms with van der Waals surface area (Å²) in [6, 6.07) is 9.20. The highest BCUT2D eigenvalue weighted by atomic mass is 35.5. The summed E-state index contributed by atoms with van der Waals surface area (Å²) in [7, 11) is 0. The van der Waals surface area contributed by atoms with Crippen LogP contribution in [0.25, 0.3) is 0 Å². The zero-order valence-electron chi connectivity index (χ0n) is 10.4. The highest BCUT2D eigenvalue weighted by molar-refractivity contribution is 6.30. The number of rotatable bonds is 2. The van der Waals surface area contributed by atoms with Gasteiger partial charge in [-0.2, -0.15) is 0 Å². The van der Waals surface area contributed by atoms with E-state index < -0.39 is 0 Å². The van der Waals surface area contributed by atoms with Crippen molar-refractivity contribution in [1.29, 1.82) is 0 Å². The smallest absolute Gasteiger partial charge is 0.0406 e. The van der Waals surface area contributed by atoms with Crippen molar-refractivity contribution >= 4 is 11.6 Å². The maximum Gasteiger partial charge on any atom is 0.0406 e. The Morgan fingerprint density at radius 1 is 1.24 bits per heavy atom. The van der Waals surface area contributed by atoms with Crippen LogP contribution in [0.15, 0.2) is 24.3 Å². The number of nitrogens with one attached hydrogen (secondary N) is 1. The fourth-order valence-electron chi connectivity index (χ4n) is 3.51. The lowest BCUT2D eigenvalue weighted by Crippen LogP contribution is -2.50. The third-order valence-corrected chi connectivity index (χ3v) is 4.93. The van der Waals surface area contributed by atoms with Crippen molar-refractivity contribution in [2.75, 3.05) is 6.54 Å². The van der Waals surface area contributed by atoms with E-state index in [2.05, 4.69) is 24.4 Å². The van der Waals surface area contributed by atoms with Crippen LogP contribution in [-0.2, 0) is 5.41 Å². The van der Waals surface area contributed by atoms with Crippen molar-refractivity contribution in [3.8, 4) is 0 Å². The highest BCUT2D eigenvalue weighted by Crippen LogP contribution is 2.49. The lowest BCUT2D eigenvalue weighted by atomic mass is 9.59. The predicted octanol–water partition coefficient (Wildman–Crippen LogP) is 3.76. The third-order valence-electron chi connectivity index (χ3n) is 4.68. The Bertz CT molecular complexity index is 394. The average molecular weight is 250 g/mol. The maximum atomic E-state index is 5.99. The molecule has 1 heterocycles. The SMILES string of the molecule is CC1CNC(C2(c3ccc(Cl)cc3)CCC2)C1. The third kappa shape index (κ3) is 1.90. The van der Waals surface area contributed by atoms with E-state index in [0.717, 1.165) is 10.9 Å². The molecular weight excluding hydrogens is 230 g/mol. The molecule has 2 heteroatoms. The van der Waals surface area contributed by atoms with Gasteiger partial charge in [0.05, 0.1) is 0 Å². The van der Waals surface area contributed by atoms with Gasteiger partial charge in [0.1, 0.15) is 0 Å². The molecule has 2 fully saturated rings. The lowest BCUT2D eigenvalue weighted by Gasteiger charge is -2.47. The molecule has 1 saturated carbocycles. The molecule has 1 saturated heterocycles. The van der Waals surface area contributed by atoms with Gasteiger partial charge >= 0.3 is 0 Å². The summed E-state index contributed by atoms with van der Waals surface area (Å²) in [6.07, 6.45) is 5.36. The predicted molar refractivity (Wildman–Crippen MR) is 72.6 cm³/mol. The zero-order valence-corrected chi connectivity index (χ0v) is 11.1. The Balaban J connectivity index is 1.89. The second-order valence-corrected chi connectivity index (χ2v) is 6.25. The van der Waals surface area contributed by atoms with Crippen LogP contribution in [0.3, 0.4) is 0 Å². The summed E-state index contributed by atoms with van der Waals surface area (Å²) in [5.41, 5.74) is 1.88. The van der Waals surface area contributed by atoms with Crippen LogP contribution >= 0.6 is 11.6 Å². The van der Waals surface area contributed by atoms with Crippen LogP contribution in [0.2, 0.25) is 5.02 Å². The van der Waals surface area contributed by atoms with Crippen LogP contribution < -0.4 is 5.32 Å². The van der Waals surface area contributed by atoms with Gasteiger partial charge in [-0.15, -0.1) is 0 Å². The van der Waals surface area contributed by atoms with E-state index in [4.69, 9.17) is 11.6 Å². The Morgan fingerprint density at radius 2 is 1.94 bits per heavy atom. The molecule has 1 aliphatic carbocycles. The van der Waals surface area contributed by atoms with Gasteiger partial charge in [0.2, 0.25) is 0 Å². The molecule has 92 valence electrons. The van der Waals surface area contributed by atoms with Crippen LogP contribution in [0, 0.1) is 5.92 Å². The minimum Gasteiger partial charge on any atom is -0.313 e. The summed E-state index contributed by atoms with van der Waals surface area (Å²) >= 11 is 5.99. The lowest BCUT2D eigenvalue weighted by molar-refractivity contribution is 0.180. The molecule has 0 bridgehead atoms. The quantitative estimate of drug-likeness (QED) is 0.842. The monoisotopic (exact) mass is 249 g/mol. The summed E-state index contributed by atoms with van der Waals surface area (Å²) in [5, 5.41) is 4.57. The number of halogens is 1. The number of benzene rings is 1. The molecule has 2 aliphatic rings. The van der Waals surface area contributed by atoms with Crippen molar-refractivity contribution in [1.82, 2.24) is 5.32 Å². The Labute approximate surface area is 109 Å². The number of hydrogen-bond donors (Lipinski definition) is 1. The summed E-state index contributed by atoms with van der Waals surface area (Å²) in [4.78, 5) is 0. The molecule has 1 nitrogen and oxygen atoms in total. The van der Waals surface area contributed by atoms with Gasteiger partial charge < -0.3 is 5.32 Å². The summed E-state index contributed by atoms with van der Waals surface area (Å²) < 4.78 is 0.